The van der Waals surface area contributed by atoms with Crippen LogP contribution in [0.1, 0.15) is 39.5 Å². The highest BCUT2D eigenvalue weighted by Gasteiger charge is 2.65. The van der Waals surface area contributed by atoms with E-state index in [1.807, 2.05) is 0 Å². The molecule has 3 fully saturated rings. The molecule has 3 aliphatic rings. The zero-order chi connectivity index (χ0) is 9.22. The maximum atomic E-state index is 2.68. The zero-order valence-corrected chi connectivity index (χ0v) is 9.09. The molecule has 0 amide bonds. The average molecular weight is 179 g/mol. The number of rotatable bonds is 1. The molecule has 2 aliphatic heterocycles. The maximum absolute atomic E-state index is 2.68. The van der Waals surface area contributed by atoms with Crippen molar-refractivity contribution in [2.24, 2.45) is 17.3 Å². The molecule has 13 heavy (non-hydrogen) atoms. The number of fused-ring (bicyclic) bond motifs is 4. The average Bonchev–Trinajstić information content (AvgIpc) is 2.69. The van der Waals surface area contributed by atoms with Crippen molar-refractivity contribution >= 4 is 0 Å². The van der Waals surface area contributed by atoms with E-state index in [9.17, 15) is 0 Å². The van der Waals surface area contributed by atoms with Gasteiger partial charge in [-0.3, -0.25) is 0 Å². The lowest BCUT2D eigenvalue weighted by Gasteiger charge is -2.37. The van der Waals surface area contributed by atoms with Gasteiger partial charge in [-0.05, 0) is 50.0 Å². The van der Waals surface area contributed by atoms with E-state index in [2.05, 4.69) is 25.8 Å². The lowest BCUT2D eigenvalue weighted by atomic mass is 9.81. The van der Waals surface area contributed by atoms with Crippen LogP contribution in [0, 0.1) is 17.3 Å². The molecule has 2 bridgehead atoms. The summed E-state index contributed by atoms with van der Waals surface area (Å²) < 4.78 is 0. The molecule has 0 radical (unpaired) electrons. The van der Waals surface area contributed by atoms with Crippen LogP contribution < -0.4 is 0 Å². The number of hydrogen-bond acceptors (Lipinski definition) is 1. The molecule has 1 nitrogen and oxygen atoms in total. The van der Waals surface area contributed by atoms with Crippen molar-refractivity contribution in [2.75, 3.05) is 7.05 Å². The largest absolute Gasteiger partial charge is 0.300 e. The zero-order valence-electron chi connectivity index (χ0n) is 9.09. The Morgan fingerprint density at radius 2 is 2.00 bits per heavy atom. The van der Waals surface area contributed by atoms with Crippen LogP contribution in [0.3, 0.4) is 0 Å². The Hall–Kier alpha value is -0.0400. The van der Waals surface area contributed by atoms with Gasteiger partial charge in [-0.1, -0.05) is 13.8 Å². The van der Waals surface area contributed by atoms with Crippen molar-refractivity contribution in [1.82, 2.24) is 4.90 Å². The Kier molecular flexibility index (Phi) is 1.47. The summed E-state index contributed by atoms with van der Waals surface area (Å²) in [6, 6.07) is 1.90. The summed E-state index contributed by atoms with van der Waals surface area (Å²) in [7, 11) is 2.35. The monoisotopic (exact) mass is 179 g/mol. The smallest absolute Gasteiger partial charge is 0.0130 e. The van der Waals surface area contributed by atoms with Gasteiger partial charge >= 0.3 is 0 Å². The molecular formula is C12H21N. The molecule has 2 heterocycles. The van der Waals surface area contributed by atoms with Crippen LogP contribution in [0.4, 0.5) is 0 Å². The standard InChI is InChI=1S/C12H21N/c1-8(2)12-6-9-4-5-11(13(9)3)10(12)7-12/h8-11H,4-7H2,1-3H3/t9-,10+,11+,12+/m0/s1. The SMILES string of the molecule is CC(C)[C@]12C[C@@H]3CC[C@H]([C@H]1C2)N3C. The highest BCUT2D eigenvalue weighted by Crippen LogP contribution is 2.68. The van der Waals surface area contributed by atoms with Gasteiger partial charge in [-0.15, -0.1) is 0 Å². The summed E-state index contributed by atoms with van der Waals surface area (Å²) in [5.74, 6) is 1.99. The molecule has 1 aliphatic carbocycles. The van der Waals surface area contributed by atoms with Gasteiger partial charge in [-0.2, -0.15) is 0 Å². The van der Waals surface area contributed by atoms with Crippen molar-refractivity contribution in [3.8, 4) is 0 Å². The van der Waals surface area contributed by atoms with E-state index < -0.39 is 0 Å². The molecule has 3 rings (SSSR count). The second kappa shape index (κ2) is 2.31. The van der Waals surface area contributed by atoms with Gasteiger partial charge in [0.25, 0.3) is 0 Å². The molecule has 0 aromatic carbocycles. The van der Waals surface area contributed by atoms with E-state index in [4.69, 9.17) is 0 Å². The Bertz CT molecular complexity index is 235. The third-order valence-electron chi connectivity index (χ3n) is 5.30. The van der Waals surface area contributed by atoms with Gasteiger partial charge in [-0.25, -0.2) is 0 Å². The van der Waals surface area contributed by atoms with E-state index >= 15 is 0 Å². The highest BCUT2D eigenvalue weighted by molar-refractivity contribution is 5.16. The third kappa shape index (κ3) is 0.869. The molecule has 0 unspecified atom stereocenters. The first-order valence-corrected chi connectivity index (χ1v) is 5.87. The van der Waals surface area contributed by atoms with Crippen molar-refractivity contribution in [2.45, 2.75) is 51.6 Å². The summed E-state index contributed by atoms with van der Waals surface area (Å²) >= 11 is 0. The molecule has 1 heteroatoms. The van der Waals surface area contributed by atoms with E-state index in [1.165, 1.54) is 25.7 Å². The van der Waals surface area contributed by atoms with Crippen LogP contribution in [0.2, 0.25) is 0 Å². The van der Waals surface area contributed by atoms with Crippen LogP contribution in [0.15, 0.2) is 0 Å². The van der Waals surface area contributed by atoms with Gasteiger partial charge in [0.2, 0.25) is 0 Å². The van der Waals surface area contributed by atoms with Crippen LogP contribution in [-0.4, -0.2) is 24.0 Å². The molecule has 4 atom stereocenters. The van der Waals surface area contributed by atoms with Crippen LogP contribution in [-0.2, 0) is 0 Å². The highest BCUT2D eigenvalue weighted by atomic mass is 15.2. The van der Waals surface area contributed by atoms with Crippen LogP contribution in [0.25, 0.3) is 0 Å². The summed E-state index contributed by atoms with van der Waals surface area (Å²) in [6.45, 7) is 4.87. The summed E-state index contributed by atoms with van der Waals surface area (Å²) in [6.07, 6.45) is 6.00. The third-order valence-corrected chi connectivity index (χ3v) is 5.30. The van der Waals surface area contributed by atoms with E-state index in [-0.39, 0.29) is 0 Å². The second-order valence-electron chi connectivity index (χ2n) is 5.87. The summed E-state index contributed by atoms with van der Waals surface area (Å²) in [5, 5.41) is 0. The number of hydrogen-bond donors (Lipinski definition) is 0. The van der Waals surface area contributed by atoms with Crippen molar-refractivity contribution in [3.05, 3.63) is 0 Å². The lowest BCUT2D eigenvalue weighted by molar-refractivity contribution is 0.102. The first-order chi connectivity index (χ1) is 6.15. The number of piperidine rings is 1. The molecule has 0 aromatic rings. The van der Waals surface area contributed by atoms with Gasteiger partial charge in [0, 0.05) is 12.1 Å². The predicted octanol–water partition coefficient (Wildman–Crippen LogP) is 2.52. The fourth-order valence-electron chi connectivity index (χ4n) is 4.21. The van der Waals surface area contributed by atoms with E-state index in [0.29, 0.717) is 0 Å². The molecular weight excluding hydrogens is 158 g/mol. The van der Waals surface area contributed by atoms with Crippen LogP contribution >= 0.6 is 0 Å². The number of nitrogens with zero attached hydrogens (tertiary/aromatic N) is 1. The fourth-order valence-corrected chi connectivity index (χ4v) is 4.21. The molecule has 0 N–H and O–H groups in total. The first kappa shape index (κ1) is 8.28. The molecule has 1 saturated carbocycles. The van der Waals surface area contributed by atoms with Gasteiger partial charge in [0.1, 0.15) is 0 Å². The molecule has 74 valence electrons. The molecule has 0 spiro atoms. The molecule has 2 saturated heterocycles. The normalized spacial score (nSPS) is 54.0. The summed E-state index contributed by atoms with van der Waals surface area (Å²) in [4.78, 5) is 2.68. The minimum absolute atomic E-state index is 0.790. The van der Waals surface area contributed by atoms with E-state index in [0.717, 1.165) is 29.3 Å². The Morgan fingerprint density at radius 1 is 1.23 bits per heavy atom. The van der Waals surface area contributed by atoms with Crippen molar-refractivity contribution in [3.63, 3.8) is 0 Å². The van der Waals surface area contributed by atoms with Crippen LogP contribution in [0.5, 0.6) is 0 Å². The topological polar surface area (TPSA) is 3.24 Å². The van der Waals surface area contributed by atoms with Crippen molar-refractivity contribution < 1.29 is 0 Å². The first-order valence-electron chi connectivity index (χ1n) is 5.87. The van der Waals surface area contributed by atoms with E-state index in [1.54, 1.807) is 0 Å². The second-order valence-corrected chi connectivity index (χ2v) is 5.87. The maximum Gasteiger partial charge on any atom is 0.0130 e. The lowest BCUT2D eigenvalue weighted by Crippen LogP contribution is -2.42. The quantitative estimate of drug-likeness (QED) is 0.598. The minimum atomic E-state index is 0.790. The van der Waals surface area contributed by atoms with Crippen molar-refractivity contribution in [1.29, 1.82) is 0 Å². The Balaban J connectivity index is 1.88. The van der Waals surface area contributed by atoms with Gasteiger partial charge in [0.15, 0.2) is 0 Å². The Morgan fingerprint density at radius 3 is 2.69 bits per heavy atom. The fraction of sp³-hybridized carbons (Fsp3) is 1.00. The predicted molar refractivity (Wildman–Crippen MR) is 54.6 cm³/mol. The minimum Gasteiger partial charge on any atom is -0.300 e. The Labute approximate surface area is 81.5 Å². The van der Waals surface area contributed by atoms with Gasteiger partial charge in [0.05, 0.1) is 0 Å². The molecule has 0 aromatic heterocycles. The van der Waals surface area contributed by atoms with Gasteiger partial charge < -0.3 is 4.90 Å². The summed E-state index contributed by atoms with van der Waals surface area (Å²) in [5.41, 5.74) is 0.790.